The van der Waals surface area contributed by atoms with Crippen molar-refractivity contribution in [2.24, 2.45) is 0 Å². The monoisotopic (exact) mass is 485 g/mol. The van der Waals surface area contributed by atoms with Crippen LogP contribution in [0.25, 0.3) is 11.0 Å². The number of fused-ring (bicyclic) bond motifs is 2. The quantitative estimate of drug-likeness (QED) is 0.358. The van der Waals surface area contributed by atoms with Crippen molar-refractivity contribution >= 4 is 22.6 Å². The molecule has 1 saturated heterocycles. The van der Waals surface area contributed by atoms with Gasteiger partial charge in [0.05, 0.1) is 24.2 Å². The van der Waals surface area contributed by atoms with Crippen LogP contribution in [0.1, 0.15) is 25.1 Å². The minimum absolute atomic E-state index is 0.0361. The molecule has 3 aromatic carbocycles. The molecule has 36 heavy (non-hydrogen) atoms. The van der Waals surface area contributed by atoms with E-state index in [1.807, 2.05) is 72.5 Å². The van der Waals surface area contributed by atoms with Gasteiger partial charge in [0.2, 0.25) is 12.7 Å². The molecule has 8 heteroatoms. The van der Waals surface area contributed by atoms with Crippen LogP contribution in [0.5, 0.6) is 23.0 Å². The van der Waals surface area contributed by atoms with Gasteiger partial charge in [-0.2, -0.15) is 0 Å². The Balaban J connectivity index is 1.24. The molecule has 1 unspecified atom stereocenters. The van der Waals surface area contributed by atoms with E-state index in [1.165, 1.54) is 0 Å². The largest absolute Gasteiger partial charge is 0.490 e. The molecule has 184 valence electrons. The number of benzene rings is 3. The highest BCUT2D eigenvalue weighted by Gasteiger charge is 2.35. The standard InChI is InChI=1S/C28H27N3O5/c1-2-33-23-9-5-6-10-24(23)34-14-13-30-22-8-4-3-7-21(22)29-28(30)19-15-27(32)31(17-19)20-11-12-25-26(16-20)36-18-35-25/h3-12,16,19H,2,13-15,17-18H2,1H3. The molecule has 0 aliphatic carbocycles. The van der Waals surface area contributed by atoms with Crippen molar-refractivity contribution in [3.63, 3.8) is 0 Å². The van der Waals surface area contributed by atoms with Gasteiger partial charge in [-0.1, -0.05) is 24.3 Å². The highest BCUT2D eigenvalue weighted by Crippen LogP contribution is 2.39. The van der Waals surface area contributed by atoms with Crippen molar-refractivity contribution in [2.45, 2.75) is 25.8 Å². The molecule has 0 radical (unpaired) electrons. The van der Waals surface area contributed by atoms with Gasteiger partial charge in [0, 0.05) is 30.6 Å². The molecule has 1 aromatic heterocycles. The Morgan fingerprint density at radius 3 is 2.61 bits per heavy atom. The lowest BCUT2D eigenvalue weighted by atomic mass is 10.1. The van der Waals surface area contributed by atoms with Crippen LogP contribution >= 0.6 is 0 Å². The number of aromatic nitrogens is 2. The van der Waals surface area contributed by atoms with E-state index in [9.17, 15) is 4.79 Å². The number of amides is 1. The summed E-state index contributed by atoms with van der Waals surface area (Å²) >= 11 is 0. The molecule has 1 amide bonds. The third-order valence-corrected chi connectivity index (χ3v) is 6.56. The Morgan fingerprint density at radius 1 is 0.972 bits per heavy atom. The second kappa shape index (κ2) is 9.45. The second-order valence-corrected chi connectivity index (χ2v) is 8.78. The number of carbonyl (C=O) groups is 1. The number of hydrogen-bond acceptors (Lipinski definition) is 6. The molecule has 1 atom stereocenters. The molecule has 0 spiro atoms. The van der Waals surface area contributed by atoms with Crippen LogP contribution in [0.4, 0.5) is 5.69 Å². The fraction of sp³-hybridized carbons (Fsp3) is 0.286. The van der Waals surface area contributed by atoms with Crippen LogP contribution < -0.4 is 23.8 Å². The molecule has 2 aliphatic rings. The summed E-state index contributed by atoms with van der Waals surface area (Å²) in [6.07, 6.45) is 0.395. The maximum absolute atomic E-state index is 13.1. The molecule has 2 aliphatic heterocycles. The smallest absolute Gasteiger partial charge is 0.231 e. The van der Waals surface area contributed by atoms with Crippen molar-refractivity contribution in [2.75, 3.05) is 31.5 Å². The van der Waals surface area contributed by atoms with E-state index in [-0.39, 0.29) is 18.6 Å². The van der Waals surface area contributed by atoms with Crippen molar-refractivity contribution in [1.82, 2.24) is 9.55 Å². The normalized spacial score (nSPS) is 16.6. The third kappa shape index (κ3) is 4.08. The van der Waals surface area contributed by atoms with Gasteiger partial charge in [-0.3, -0.25) is 4.79 Å². The molecule has 0 N–H and O–H groups in total. The lowest BCUT2D eigenvalue weighted by Crippen LogP contribution is -2.24. The number of rotatable bonds is 8. The number of anilines is 1. The molecule has 0 saturated carbocycles. The Hall–Kier alpha value is -4.20. The van der Waals surface area contributed by atoms with Crippen molar-refractivity contribution < 1.29 is 23.7 Å². The molecule has 4 aromatic rings. The first kappa shape index (κ1) is 22.3. The molecule has 1 fully saturated rings. The van der Waals surface area contributed by atoms with Crippen LogP contribution in [0.15, 0.2) is 66.7 Å². The topological polar surface area (TPSA) is 75.1 Å². The summed E-state index contributed by atoms with van der Waals surface area (Å²) in [7, 11) is 0. The summed E-state index contributed by atoms with van der Waals surface area (Å²) in [5, 5.41) is 0. The minimum atomic E-state index is -0.0361. The summed E-state index contributed by atoms with van der Waals surface area (Å²) in [4.78, 5) is 19.8. The van der Waals surface area contributed by atoms with Gasteiger partial charge in [0.15, 0.2) is 23.0 Å². The van der Waals surface area contributed by atoms with E-state index < -0.39 is 0 Å². The summed E-state index contributed by atoms with van der Waals surface area (Å²) < 4.78 is 24.9. The average molecular weight is 486 g/mol. The number of carbonyl (C=O) groups excluding carboxylic acids is 1. The lowest BCUT2D eigenvalue weighted by Gasteiger charge is -2.18. The average Bonchev–Trinajstić information content (AvgIpc) is 3.61. The number of imidazole rings is 1. The van der Waals surface area contributed by atoms with Gasteiger partial charge in [-0.25, -0.2) is 4.98 Å². The Labute approximate surface area is 209 Å². The van der Waals surface area contributed by atoms with E-state index in [0.717, 1.165) is 34.0 Å². The fourth-order valence-corrected chi connectivity index (χ4v) is 4.92. The zero-order valence-electron chi connectivity index (χ0n) is 20.1. The van der Waals surface area contributed by atoms with E-state index >= 15 is 0 Å². The van der Waals surface area contributed by atoms with E-state index in [1.54, 1.807) is 0 Å². The maximum Gasteiger partial charge on any atom is 0.231 e. The highest BCUT2D eigenvalue weighted by atomic mass is 16.7. The van der Waals surface area contributed by atoms with Crippen molar-refractivity contribution in [3.8, 4) is 23.0 Å². The van der Waals surface area contributed by atoms with E-state index in [0.29, 0.717) is 44.2 Å². The van der Waals surface area contributed by atoms with Crippen LogP contribution in [0, 0.1) is 0 Å². The minimum Gasteiger partial charge on any atom is -0.490 e. The first-order valence-electron chi connectivity index (χ1n) is 12.2. The van der Waals surface area contributed by atoms with Gasteiger partial charge in [-0.15, -0.1) is 0 Å². The summed E-state index contributed by atoms with van der Waals surface area (Å²) in [6, 6.07) is 21.4. The van der Waals surface area contributed by atoms with E-state index in [4.69, 9.17) is 23.9 Å². The fourth-order valence-electron chi connectivity index (χ4n) is 4.92. The van der Waals surface area contributed by atoms with Crippen LogP contribution in [0.3, 0.4) is 0 Å². The molecular weight excluding hydrogens is 458 g/mol. The van der Waals surface area contributed by atoms with Gasteiger partial charge in [0.25, 0.3) is 0 Å². The van der Waals surface area contributed by atoms with Gasteiger partial charge in [0.1, 0.15) is 12.4 Å². The second-order valence-electron chi connectivity index (χ2n) is 8.78. The molecular formula is C28H27N3O5. The maximum atomic E-state index is 13.1. The Bertz CT molecular complexity index is 1420. The zero-order valence-corrected chi connectivity index (χ0v) is 20.1. The van der Waals surface area contributed by atoms with Gasteiger partial charge < -0.3 is 28.4 Å². The Kier molecular flexibility index (Phi) is 5.85. The summed E-state index contributed by atoms with van der Waals surface area (Å²) in [5.41, 5.74) is 2.75. The number of hydrogen-bond donors (Lipinski definition) is 0. The number of ether oxygens (including phenoxy) is 4. The van der Waals surface area contributed by atoms with Crippen LogP contribution in [-0.4, -0.2) is 42.0 Å². The van der Waals surface area contributed by atoms with Crippen molar-refractivity contribution in [3.05, 3.63) is 72.6 Å². The molecule has 0 bridgehead atoms. The first-order valence-corrected chi connectivity index (χ1v) is 12.2. The summed E-state index contributed by atoms with van der Waals surface area (Å²) in [6.45, 7) is 4.34. The first-order chi connectivity index (χ1) is 17.7. The molecule has 6 rings (SSSR count). The molecule has 3 heterocycles. The number of nitrogens with zero attached hydrogens (tertiary/aromatic N) is 3. The highest BCUT2D eigenvalue weighted by molar-refractivity contribution is 5.97. The Morgan fingerprint density at radius 2 is 1.75 bits per heavy atom. The van der Waals surface area contributed by atoms with E-state index in [2.05, 4.69) is 10.6 Å². The van der Waals surface area contributed by atoms with Gasteiger partial charge in [-0.05, 0) is 43.3 Å². The zero-order chi connectivity index (χ0) is 24.5. The molecule has 8 nitrogen and oxygen atoms in total. The van der Waals surface area contributed by atoms with Crippen LogP contribution in [0.2, 0.25) is 0 Å². The third-order valence-electron chi connectivity index (χ3n) is 6.56. The lowest BCUT2D eigenvalue weighted by molar-refractivity contribution is -0.117. The van der Waals surface area contributed by atoms with Crippen molar-refractivity contribution in [1.29, 1.82) is 0 Å². The predicted molar refractivity (Wildman–Crippen MR) is 135 cm³/mol. The predicted octanol–water partition coefficient (Wildman–Crippen LogP) is 4.76. The van der Waals surface area contributed by atoms with Crippen LogP contribution in [-0.2, 0) is 11.3 Å². The number of para-hydroxylation sites is 4. The van der Waals surface area contributed by atoms with Gasteiger partial charge >= 0.3 is 0 Å². The summed E-state index contributed by atoms with van der Waals surface area (Å²) in [5.74, 6) is 3.75. The SMILES string of the molecule is CCOc1ccccc1OCCn1c(C2CC(=O)N(c3ccc4c(c3)OCO4)C2)nc2ccccc21.